The Labute approximate surface area is 362 Å². The standard InChI is InChI=1S/C18H36O2.C14H24O3P.C14H23O3P.Zn/c1-2-3-4-5-6-7-8-9-10-11-12-13-14-15-16-17-18(19)20;2*1-13(2,3)10-7-8-12(18(15,16)17)11(9-10)14(4,5)6;/h2-17H2,1H3,(H,19,20);7-9,15-17H,1-6H3;7-9H,1-6H3,(H2,15,16,17);/q;+1;;+2/p-1. The Morgan fingerprint density at radius 3 is 1.07 bits per heavy atom. The largest absolute Gasteiger partial charge is 2.00 e. The van der Waals surface area contributed by atoms with Gasteiger partial charge in [0.05, 0.1) is 0 Å². The molecule has 0 aliphatic rings. The van der Waals surface area contributed by atoms with Crippen molar-refractivity contribution in [1.29, 1.82) is 0 Å². The second kappa shape index (κ2) is 26.5. The summed E-state index contributed by atoms with van der Waals surface area (Å²) in [6, 6.07) is 10.8. The fourth-order valence-electron chi connectivity index (χ4n) is 6.36. The molecule has 11 heteroatoms. The van der Waals surface area contributed by atoms with Crippen molar-refractivity contribution >= 4 is 32.5 Å². The Hall–Kier alpha value is -0.847. The second-order valence-electron chi connectivity index (χ2n) is 19.6. The van der Waals surface area contributed by atoms with E-state index in [0.717, 1.165) is 35.1 Å². The molecular weight excluding hydrogens is 808 g/mol. The third kappa shape index (κ3) is 25.5. The number of unbranched alkanes of at least 4 members (excludes halogenated alkanes) is 14. The molecule has 5 N–H and O–H groups in total. The number of carboxylic acid groups (broad SMARTS) is 1. The third-order valence-electron chi connectivity index (χ3n) is 9.96. The van der Waals surface area contributed by atoms with Gasteiger partial charge in [-0.1, -0.05) is 204 Å². The van der Waals surface area contributed by atoms with Crippen LogP contribution in [0.2, 0.25) is 0 Å². The van der Waals surface area contributed by atoms with Gasteiger partial charge in [0.2, 0.25) is 0 Å². The van der Waals surface area contributed by atoms with Crippen molar-refractivity contribution in [3.05, 3.63) is 58.7 Å². The van der Waals surface area contributed by atoms with Crippen molar-refractivity contribution in [2.24, 2.45) is 0 Å². The predicted molar refractivity (Wildman–Crippen MR) is 236 cm³/mol. The fraction of sp³-hybridized carbons (Fsp3) is 0.717. The van der Waals surface area contributed by atoms with E-state index >= 15 is 0 Å². The molecule has 0 amide bonds. The Morgan fingerprint density at radius 2 is 0.807 bits per heavy atom. The molecule has 0 spiro atoms. The van der Waals surface area contributed by atoms with E-state index in [4.69, 9.17) is 0 Å². The quantitative estimate of drug-likeness (QED) is 0.0561. The summed E-state index contributed by atoms with van der Waals surface area (Å²) in [5, 5.41) is 10.6. The molecule has 0 saturated carbocycles. The van der Waals surface area contributed by atoms with Crippen LogP contribution < -0.4 is 20.6 Å². The Kier molecular flexibility index (Phi) is 27.1. The first-order valence-corrected chi connectivity index (χ1v) is 24.3. The molecule has 0 unspecified atom stereocenters. The number of carboxylic acids is 1. The molecule has 2 aromatic carbocycles. The minimum absolute atomic E-state index is 0. The molecule has 0 aliphatic carbocycles. The summed E-state index contributed by atoms with van der Waals surface area (Å²) in [6.07, 6.45) is 19.9. The van der Waals surface area contributed by atoms with E-state index in [2.05, 4.69) is 48.5 Å². The van der Waals surface area contributed by atoms with Crippen molar-refractivity contribution in [3.8, 4) is 0 Å². The van der Waals surface area contributed by atoms with Crippen LogP contribution in [0.1, 0.15) is 215 Å². The van der Waals surface area contributed by atoms with Crippen LogP contribution in [0, 0.1) is 0 Å². The molecule has 0 bridgehead atoms. The number of rotatable bonds is 18. The van der Waals surface area contributed by atoms with Gasteiger partial charge < -0.3 is 14.8 Å². The van der Waals surface area contributed by atoms with Gasteiger partial charge in [-0.2, -0.15) is 14.7 Å². The zero-order valence-electron chi connectivity index (χ0n) is 38.3. The maximum atomic E-state index is 11.6. The Morgan fingerprint density at radius 1 is 0.509 bits per heavy atom. The normalized spacial score (nSPS) is 12.5. The van der Waals surface area contributed by atoms with E-state index in [1.165, 1.54) is 83.5 Å². The molecule has 0 radical (unpaired) electrons. The molecule has 0 fully saturated rings. The molecule has 57 heavy (non-hydrogen) atoms. The van der Waals surface area contributed by atoms with Gasteiger partial charge in [0.25, 0.3) is 7.94 Å². The van der Waals surface area contributed by atoms with E-state index in [1.807, 2.05) is 65.8 Å². The second-order valence-corrected chi connectivity index (χ2v) is 22.8. The molecule has 2 rings (SSSR count). The molecule has 0 aliphatic heterocycles. The van der Waals surface area contributed by atoms with Gasteiger partial charge in [-0.15, -0.1) is 0 Å². The summed E-state index contributed by atoms with van der Waals surface area (Å²) in [6.45, 7) is 26.7. The van der Waals surface area contributed by atoms with Gasteiger partial charge >= 0.3 is 27.4 Å². The number of hydrogen-bond acceptors (Lipinski definition) is 8. The molecular formula is C46H82O8P2Zn+2. The minimum Gasteiger partial charge on any atom is -0.627 e. The maximum Gasteiger partial charge on any atom is 2.00 e. The Balaban J connectivity index is 0. The van der Waals surface area contributed by atoms with Gasteiger partial charge in [-0.3, -0.25) is 0 Å². The van der Waals surface area contributed by atoms with E-state index in [1.54, 1.807) is 12.1 Å². The number of hydrogen-bond donors (Lipinski definition) is 5. The zero-order chi connectivity index (χ0) is 43.6. The average Bonchev–Trinajstić information content (AvgIpc) is 3.04. The van der Waals surface area contributed by atoms with Crippen LogP contribution in [0.3, 0.4) is 0 Å². The van der Waals surface area contributed by atoms with Crippen molar-refractivity contribution in [2.75, 3.05) is 0 Å². The van der Waals surface area contributed by atoms with E-state index in [-0.39, 0.29) is 58.2 Å². The number of carbonyl (C=O) groups is 1. The molecule has 0 heterocycles. The monoisotopic (exact) mass is 888 g/mol. The van der Waals surface area contributed by atoms with Crippen molar-refractivity contribution in [1.82, 2.24) is 0 Å². The summed E-state index contributed by atoms with van der Waals surface area (Å²) >= 11 is 0. The Bertz CT molecular complexity index is 1320. The van der Waals surface area contributed by atoms with Gasteiger partial charge in [0, 0.05) is 17.1 Å². The first kappa shape index (κ1) is 58.2. The summed E-state index contributed by atoms with van der Waals surface area (Å²) in [4.78, 5) is 69.3. The van der Waals surface area contributed by atoms with Gasteiger partial charge in [-0.25, -0.2) is 9.79 Å². The topological polar surface area (TPSA) is 164 Å². The van der Waals surface area contributed by atoms with Crippen LogP contribution in [-0.2, 0) is 45.9 Å². The van der Waals surface area contributed by atoms with Crippen molar-refractivity contribution in [3.63, 3.8) is 0 Å². The number of carbonyl (C=O) groups excluding carboxylic acids is 1. The van der Waals surface area contributed by atoms with Crippen LogP contribution in [0.25, 0.3) is 0 Å². The molecule has 324 valence electrons. The summed E-state index contributed by atoms with van der Waals surface area (Å²) in [7, 11) is -8.20. The molecule has 0 atom stereocenters. The van der Waals surface area contributed by atoms with E-state index < -0.39 is 21.9 Å². The summed E-state index contributed by atoms with van der Waals surface area (Å²) < 4.78 is 0. The maximum absolute atomic E-state index is 11.6. The van der Waals surface area contributed by atoms with Gasteiger partial charge in [0.1, 0.15) is 0 Å². The van der Waals surface area contributed by atoms with E-state index in [9.17, 15) is 39.3 Å². The first-order chi connectivity index (χ1) is 25.4. The molecule has 2 aromatic rings. The smallest absolute Gasteiger partial charge is 0.627 e. The van der Waals surface area contributed by atoms with Crippen LogP contribution in [0.15, 0.2) is 36.4 Å². The first-order valence-electron chi connectivity index (χ1n) is 21.1. The number of benzene rings is 2. The molecule has 0 saturated heterocycles. The summed E-state index contributed by atoms with van der Waals surface area (Å²) in [5.74, 6) is -0.903. The zero-order valence-corrected chi connectivity index (χ0v) is 43.1. The predicted octanol–water partition coefficient (Wildman–Crippen LogP) is 9.66. The van der Waals surface area contributed by atoms with E-state index in [0.29, 0.717) is 0 Å². The minimum atomic E-state index is -4.22. The average molecular weight is 890 g/mol. The van der Waals surface area contributed by atoms with Crippen LogP contribution in [0.4, 0.5) is 0 Å². The van der Waals surface area contributed by atoms with Gasteiger partial charge in [0.15, 0.2) is 10.6 Å². The fourth-order valence-corrected chi connectivity index (χ4v) is 8.34. The van der Waals surface area contributed by atoms with Crippen molar-refractivity contribution < 1.29 is 58.7 Å². The van der Waals surface area contributed by atoms with Crippen LogP contribution in [0.5, 0.6) is 0 Å². The molecule has 8 nitrogen and oxygen atoms in total. The van der Waals surface area contributed by atoms with Crippen molar-refractivity contribution in [2.45, 2.75) is 214 Å². The SMILES string of the molecule is CC(C)(C)c1ccc([P+](O)(O)O)c(C(C)(C)C)c1.CC(C)(C)c1ccc([P+]([O-])(O)O)c(C(C)(C)C)c1.CCCCCCCCCCCCCCCCCC(=O)[O-].[Zn+2]. The molecule has 0 aromatic heterocycles. The number of aliphatic carboxylic acids is 1. The van der Waals surface area contributed by atoms with Gasteiger partial charge in [-0.05, 0) is 57.8 Å². The van der Waals surface area contributed by atoms with Crippen LogP contribution in [-0.4, -0.2) is 30.4 Å². The summed E-state index contributed by atoms with van der Waals surface area (Å²) in [5.41, 5.74) is 3.12. The van der Waals surface area contributed by atoms with Crippen LogP contribution >= 0.6 is 15.9 Å². The third-order valence-corrected chi connectivity index (χ3v) is 12.0.